The van der Waals surface area contributed by atoms with E-state index in [1.54, 1.807) is 4.90 Å². The Morgan fingerprint density at radius 1 is 1.26 bits per heavy atom. The van der Waals surface area contributed by atoms with E-state index in [4.69, 9.17) is 4.74 Å². The number of nitrogens with one attached hydrogen (secondary N) is 1. The number of benzene rings is 1. The fraction of sp³-hybridized carbons (Fsp3) is 0.450. The fourth-order valence-electron chi connectivity index (χ4n) is 3.42. The fourth-order valence-corrected chi connectivity index (χ4v) is 3.42. The maximum atomic E-state index is 12.7. The van der Waals surface area contributed by atoms with E-state index in [1.165, 1.54) is 4.90 Å². The lowest BCUT2D eigenvalue weighted by Gasteiger charge is -2.33. The van der Waals surface area contributed by atoms with Gasteiger partial charge in [-0.1, -0.05) is 43.7 Å². The van der Waals surface area contributed by atoms with Crippen molar-refractivity contribution in [3.8, 4) is 0 Å². The minimum Gasteiger partial charge on any atom is -0.456 e. The highest BCUT2D eigenvalue weighted by Crippen LogP contribution is 2.34. The van der Waals surface area contributed by atoms with Crippen LogP contribution in [0.15, 0.2) is 41.6 Å². The molecule has 0 aliphatic carbocycles. The number of carbonyl (C=O) groups is 3. The van der Waals surface area contributed by atoms with E-state index in [-0.39, 0.29) is 25.1 Å². The zero-order chi connectivity index (χ0) is 19.4. The number of carbonyl (C=O) groups excluding carboxylic acids is 3. The van der Waals surface area contributed by atoms with Crippen LogP contribution in [0.25, 0.3) is 0 Å². The number of ether oxygens (including phenoxy) is 1. The molecule has 1 N–H and O–H groups in total. The molecule has 7 heteroatoms. The number of amides is 3. The first-order valence-corrected chi connectivity index (χ1v) is 9.37. The van der Waals surface area contributed by atoms with Crippen LogP contribution < -0.4 is 5.32 Å². The predicted octanol–water partition coefficient (Wildman–Crippen LogP) is 2.21. The number of cyclic esters (lactones) is 1. The number of hydrogen-bond acceptors (Lipinski definition) is 4. The molecule has 0 fully saturated rings. The standard InChI is InChI=1S/C20H25N3O4/c1-3-5-11-22(4-2)16(24)12-23-15-13-27-19(25)17(15)18(21-20(23)26)14-9-7-6-8-10-14/h6-10,18H,3-5,11-13H2,1-2H3,(H,21,26)/t18-/m1/s1. The minimum absolute atomic E-state index is 0.0132. The largest absolute Gasteiger partial charge is 0.456 e. The summed E-state index contributed by atoms with van der Waals surface area (Å²) in [5, 5.41) is 2.85. The Hall–Kier alpha value is -2.83. The Labute approximate surface area is 159 Å². The second-order valence-electron chi connectivity index (χ2n) is 6.64. The van der Waals surface area contributed by atoms with Gasteiger partial charge in [-0.3, -0.25) is 9.69 Å². The van der Waals surface area contributed by atoms with Gasteiger partial charge in [0.2, 0.25) is 5.91 Å². The molecule has 0 saturated heterocycles. The number of unbranched alkanes of at least 4 members (excludes halogenated alkanes) is 1. The molecule has 3 amide bonds. The number of esters is 1. The van der Waals surface area contributed by atoms with E-state index in [1.807, 2.05) is 37.3 Å². The summed E-state index contributed by atoms with van der Waals surface area (Å²) in [7, 11) is 0. The molecule has 1 aromatic carbocycles. The van der Waals surface area contributed by atoms with E-state index in [9.17, 15) is 14.4 Å². The first-order valence-electron chi connectivity index (χ1n) is 9.37. The maximum Gasteiger partial charge on any atom is 0.338 e. The summed E-state index contributed by atoms with van der Waals surface area (Å²) in [6.07, 6.45) is 1.90. The van der Waals surface area contributed by atoms with Crippen LogP contribution in [0.1, 0.15) is 38.3 Å². The average molecular weight is 371 g/mol. The molecule has 1 aromatic rings. The van der Waals surface area contributed by atoms with Gasteiger partial charge in [-0.25, -0.2) is 9.59 Å². The van der Waals surface area contributed by atoms with E-state index in [2.05, 4.69) is 12.2 Å². The third-order valence-corrected chi connectivity index (χ3v) is 4.94. The zero-order valence-corrected chi connectivity index (χ0v) is 15.7. The molecule has 7 nitrogen and oxygen atoms in total. The summed E-state index contributed by atoms with van der Waals surface area (Å²) in [4.78, 5) is 40.8. The Bertz CT molecular complexity index is 760. The van der Waals surface area contributed by atoms with E-state index < -0.39 is 12.0 Å². The topological polar surface area (TPSA) is 79.0 Å². The van der Waals surface area contributed by atoms with Crippen LogP contribution in [-0.4, -0.2) is 53.9 Å². The van der Waals surface area contributed by atoms with E-state index in [0.717, 1.165) is 18.4 Å². The zero-order valence-electron chi connectivity index (χ0n) is 15.7. The van der Waals surface area contributed by atoms with Gasteiger partial charge >= 0.3 is 12.0 Å². The second kappa shape index (κ2) is 8.24. The quantitative estimate of drug-likeness (QED) is 0.746. The van der Waals surface area contributed by atoms with Crippen molar-refractivity contribution in [2.45, 2.75) is 32.7 Å². The van der Waals surface area contributed by atoms with Crippen LogP contribution >= 0.6 is 0 Å². The van der Waals surface area contributed by atoms with Crippen molar-refractivity contribution in [3.05, 3.63) is 47.2 Å². The predicted molar refractivity (Wildman–Crippen MR) is 99.6 cm³/mol. The van der Waals surface area contributed by atoms with Gasteiger partial charge in [0, 0.05) is 13.1 Å². The van der Waals surface area contributed by atoms with Gasteiger partial charge in [-0.15, -0.1) is 0 Å². The Balaban J connectivity index is 1.86. The summed E-state index contributed by atoms with van der Waals surface area (Å²) in [6, 6.07) is 8.34. The van der Waals surface area contributed by atoms with Gasteiger partial charge in [0.1, 0.15) is 13.2 Å². The van der Waals surface area contributed by atoms with Crippen molar-refractivity contribution in [2.75, 3.05) is 26.2 Å². The molecule has 0 saturated carbocycles. The monoisotopic (exact) mass is 371 g/mol. The first kappa shape index (κ1) is 18.9. The third kappa shape index (κ3) is 3.82. The summed E-state index contributed by atoms with van der Waals surface area (Å²) >= 11 is 0. The molecule has 0 bridgehead atoms. The lowest BCUT2D eigenvalue weighted by molar-refractivity contribution is -0.136. The SMILES string of the molecule is CCCCN(CC)C(=O)CN1C(=O)N[C@H](c2ccccc2)C2=C1COC2=O. The molecule has 0 radical (unpaired) electrons. The molecule has 0 aromatic heterocycles. The lowest BCUT2D eigenvalue weighted by Crippen LogP contribution is -2.51. The summed E-state index contributed by atoms with van der Waals surface area (Å²) in [6.45, 7) is 5.15. The molecule has 144 valence electrons. The third-order valence-electron chi connectivity index (χ3n) is 4.94. The smallest absolute Gasteiger partial charge is 0.338 e. The molecule has 2 heterocycles. The Morgan fingerprint density at radius 2 is 2.00 bits per heavy atom. The highest BCUT2D eigenvalue weighted by molar-refractivity contribution is 5.98. The Kier molecular flexibility index (Phi) is 5.78. The van der Waals surface area contributed by atoms with Crippen LogP contribution in [-0.2, 0) is 14.3 Å². The van der Waals surface area contributed by atoms with Crippen LogP contribution in [0.5, 0.6) is 0 Å². The molecule has 2 aliphatic rings. The summed E-state index contributed by atoms with van der Waals surface area (Å²) < 4.78 is 5.19. The minimum atomic E-state index is -0.558. The van der Waals surface area contributed by atoms with Crippen molar-refractivity contribution >= 4 is 17.9 Å². The van der Waals surface area contributed by atoms with E-state index in [0.29, 0.717) is 24.4 Å². The lowest BCUT2D eigenvalue weighted by atomic mass is 9.96. The molecular weight excluding hydrogens is 346 g/mol. The molecule has 2 aliphatic heterocycles. The van der Waals surface area contributed by atoms with Gasteiger partial charge in [0.05, 0.1) is 17.3 Å². The maximum absolute atomic E-state index is 12.7. The average Bonchev–Trinajstić information content (AvgIpc) is 3.06. The highest BCUT2D eigenvalue weighted by Gasteiger charge is 2.42. The van der Waals surface area contributed by atoms with Crippen molar-refractivity contribution in [1.82, 2.24) is 15.1 Å². The van der Waals surface area contributed by atoms with Gasteiger partial charge in [-0.05, 0) is 18.9 Å². The molecule has 0 unspecified atom stereocenters. The van der Waals surface area contributed by atoms with Crippen molar-refractivity contribution in [1.29, 1.82) is 0 Å². The molecule has 0 spiro atoms. The molecule has 1 atom stereocenters. The van der Waals surface area contributed by atoms with Crippen molar-refractivity contribution < 1.29 is 19.1 Å². The van der Waals surface area contributed by atoms with Crippen LogP contribution in [0.3, 0.4) is 0 Å². The summed E-state index contributed by atoms with van der Waals surface area (Å²) in [5.41, 5.74) is 1.70. The van der Waals surface area contributed by atoms with E-state index >= 15 is 0 Å². The number of hydrogen-bond donors (Lipinski definition) is 1. The van der Waals surface area contributed by atoms with Crippen LogP contribution in [0.4, 0.5) is 4.79 Å². The second-order valence-corrected chi connectivity index (χ2v) is 6.64. The van der Waals surface area contributed by atoms with Gasteiger partial charge < -0.3 is 15.0 Å². The molecule has 3 rings (SSSR count). The van der Waals surface area contributed by atoms with Gasteiger partial charge in [0.25, 0.3) is 0 Å². The first-order chi connectivity index (χ1) is 13.1. The molecular formula is C20H25N3O4. The number of nitrogens with zero attached hydrogens (tertiary/aromatic N) is 2. The normalized spacial score (nSPS) is 18.9. The van der Waals surface area contributed by atoms with Gasteiger partial charge in [0.15, 0.2) is 0 Å². The molecule has 27 heavy (non-hydrogen) atoms. The number of likely N-dealkylation sites (N-methyl/N-ethyl adjacent to an activating group) is 1. The summed E-state index contributed by atoms with van der Waals surface area (Å²) in [5.74, 6) is -0.583. The number of rotatable bonds is 7. The van der Waals surface area contributed by atoms with Crippen molar-refractivity contribution in [2.24, 2.45) is 0 Å². The Morgan fingerprint density at radius 3 is 2.67 bits per heavy atom. The number of urea groups is 1. The van der Waals surface area contributed by atoms with Crippen LogP contribution in [0.2, 0.25) is 0 Å². The van der Waals surface area contributed by atoms with Crippen molar-refractivity contribution in [3.63, 3.8) is 0 Å². The van der Waals surface area contributed by atoms with Crippen LogP contribution in [0, 0.1) is 0 Å². The highest BCUT2D eigenvalue weighted by atomic mass is 16.5. The van der Waals surface area contributed by atoms with Gasteiger partial charge in [-0.2, -0.15) is 0 Å².